The third-order valence-corrected chi connectivity index (χ3v) is 6.59. The van der Waals surface area contributed by atoms with Crippen LogP contribution in [0, 0.1) is 0 Å². The van der Waals surface area contributed by atoms with Gasteiger partial charge in [0, 0.05) is 44.3 Å². The maximum atomic E-state index is 12.7. The number of rotatable bonds is 4. The molecule has 1 amide bonds. The standard InChI is InChI=1S/C25H19Cl4NO4.C2H6/c26-18-9-16(10-19(27)13-18)25(17-11-20(28)14-21(29)12-17)33-22-2-1-15(7-23(22)34-25)8-24(31)30-3-5-32-6-4-30;1-2/h1-2,7,9-14H,3-6,8H2;1-2H3. The Hall–Kier alpha value is -2.15. The highest BCUT2D eigenvalue weighted by Crippen LogP contribution is 2.49. The summed E-state index contributed by atoms with van der Waals surface area (Å²) in [5, 5.41) is 1.70. The van der Waals surface area contributed by atoms with Crippen molar-refractivity contribution in [1.29, 1.82) is 0 Å². The first kappa shape index (κ1) is 26.9. The second kappa shape index (κ2) is 11.5. The number of halogens is 4. The van der Waals surface area contributed by atoms with Gasteiger partial charge in [-0.3, -0.25) is 4.79 Å². The molecule has 5 nitrogen and oxygen atoms in total. The van der Waals surface area contributed by atoms with E-state index >= 15 is 0 Å². The summed E-state index contributed by atoms with van der Waals surface area (Å²) in [6, 6.07) is 15.6. The van der Waals surface area contributed by atoms with Crippen LogP contribution in [0.15, 0.2) is 54.6 Å². The highest BCUT2D eigenvalue weighted by Gasteiger charge is 2.46. The summed E-state index contributed by atoms with van der Waals surface area (Å²) in [5.74, 6) is -0.385. The van der Waals surface area contributed by atoms with Crippen molar-refractivity contribution >= 4 is 52.3 Å². The molecule has 1 saturated heterocycles. The second-order valence-corrected chi connectivity index (χ2v) is 9.83. The predicted molar refractivity (Wildman–Crippen MR) is 144 cm³/mol. The minimum Gasteiger partial charge on any atom is -0.440 e. The van der Waals surface area contributed by atoms with Gasteiger partial charge in [-0.15, -0.1) is 0 Å². The van der Waals surface area contributed by atoms with Crippen LogP contribution >= 0.6 is 46.4 Å². The molecule has 0 spiro atoms. The van der Waals surface area contributed by atoms with Crippen LogP contribution in [0.25, 0.3) is 0 Å². The molecule has 2 aliphatic heterocycles. The van der Waals surface area contributed by atoms with Gasteiger partial charge in [0.1, 0.15) is 0 Å². The molecule has 3 aromatic carbocycles. The smallest absolute Gasteiger partial charge is 0.305 e. The lowest BCUT2D eigenvalue weighted by atomic mass is 9.97. The molecule has 0 saturated carbocycles. The molecular weight excluding hydrogens is 544 g/mol. The Morgan fingerprint density at radius 3 is 1.81 bits per heavy atom. The Morgan fingerprint density at radius 1 is 0.778 bits per heavy atom. The molecule has 0 unspecified atom stereocenters. The molecule has 0 aliphatic carbocycles. The van der Waals surface area contributed by atoms with Crippen LogP contribution in [0.1, 0.15) is 30.5 Å². The average Bonchev–Trinajstić information content (AvgIpc) is 3.25. The Balaban J connectivity index is 0.00000148. The Bertz CT molecular complexity index is 1170. The average molecular weight is 569 g/mol. The molecule has 0 N–H and O–H groups in total. The van der Waals surface area contributed by atoms with Crippen LogP contribution in [0.3, 0.4) is 0 Å². The SMILES string of the molecule is CC.O=C(Cc1ccc2c(c1)OC(c1cc(Cl)cc(Cl)c1)(c1cc(Cl)cc(Cl)c1)O2)N1CCOCC1. The number of carbonyl (C=O) groups excluding carboxylic acids is 1. The van der Waals surface area contributed by atoms with Gasteiger partial charge in [-0.25, -0.2) is 0 Å². The number of amides is 1. The minimum atomic E-state index is -1.42. The number of benzene rings is 3. The van der Waals surface area contributed by atoms with Gasteiger partial charge in [0.15, 0.2) is 11.5 Å². The van der Waals surface area contributed by atoms with Gasteiger partial charge in [-0.1, -0.05) is 66.3 Å². The fraction of sp³-hybridized carbons (Fsp3) is 0.296. The quantitative estimate of drug-likeness (QED) is 0.329. The monoisotopic (exact) mass is 567 g/mol. The number of nitrogens with zero attached hydrogens (tertiary/aromatic N) is 1. The van der Waals surface area contributed by atoms with E-state index in [1.54, 1.807) is 47.4 Å². The lowest BCUT2D eigenvalue weighted by molar-refractivity contribution is -0.134. The summed E-state index contributed by atoms with van der Waals surface area (Å²) in [6.07, 6.45) is 0.246. The molecule has 9 heteroatoms. The summed E-state index contributed by atoms with van der Waals surface area (Å²) in [5.41, 5.74) is 1.96. The van der Waals surface area contributed by atoms with Gasteiger partial charge in [-0.05, 0) is 54.1 Å². The van der Waals surface area contributed by atoms with E-state index in [1.165, 1.54) is 0 Å². The number of hydrogen-bond donors (Lipinski definition) is 0. The molecule has 2 heterocycles. The van der Waals surface area contributed by atoms with Crippen molar-refractivity contribution in [2.45, 2.75) is 26.1 Å². The normalized spacial score (nSPS) is 15.8. The van der Waals surface area contributed by atoms with E-state index < -0.39 is 5.79 Å². The highest BCUT2D eigenvalue weighted by molar-refractivity contribution is 6.35. The molecule has 5 rings (SSSR count). The Kier molecular flexibility index (Phi) is 8.59. The van der Waals surface area contributed by atoms with Gasteiger partial charge < -0.3 is 19.1 Å². The van der Waals surface area contributed by atoms with E-state index in [9.17, 15) is 4.79 Å². The van der Waals surface area contributed by atoms with Crippen LogP contribution in [-0.4, -0.2) is 37.1 Å². The van der Waals surface area contributed by atoms with E-state index in [0.29, 0.717) is 69.0 Å². The van der Waals surface area contributed by atoms with Crippen molar-refractivity contribution in [3.8, 4) is 11.5 Å². The van der Waals surface area contributed by atoms with Crippen molar-refractivity contribution in [3.63, 3.8) is 0 Å². The first-order chi connectivity index (χ1) is 17.3. The van der Waals surface area contributed by atoms with E-state index in [1.807, 2.05) is 26.0 Å². The Morgan fingerprint density at radius 2 is 1.28 bits per heavy atom. The number of fused-ring (bicyclic) bond motifs is 1. The number of morpholine rings is 1. The molecular formula is C27H25Cl4NO4. The zero-order valence-electron chi connectivity index (χ0n) is 19.8. The van der Waals surface area contributed by atoms with E-state index in [-0.39, 0.29) is 12.3 Å². The fourth-order valence-corrected chi connectivity index (χ4v) is 5.20. The summed E-state index contributed by atoms with van der Waals surface area (Å²) < 4.78 is 18.2. The van der Waals surface area contributed by atoms with Gasteiger partial charge in [0.2, 0.25) is 5.91 Å². The fourth-order valence-electron chi connectivity index (χ4n) is 4.15. The molecule has 0 radical (unpaired) electrons. The topological polar surface area (TPSA) is 48.0 Å². The molecule has 1 fully saturated rings. The largest absolute Gasteiger partial charge is 0.440 e. The van der Waals surface area contributed by atoms with Gasteiger partial charge in [-0.2, -0.15) is 0 Å². The van der Waals surface area contributed by atoms with E-state index in [4.69, 9.17) is 60.6 Å². The van der Waals surface area contributed by atoms with Crippen molar-refractivity contribution in [3.05, 3.63) is 91.4 Å². The summed E-state index contributed by atoms with van der Waals surface area (Å²) in [4.78, 5) is 14.5. The van der Waals surface area contributed by atoms with Crippen molar-refractivity contribution in [2.75, 3.05) is 26.3 Å². The third kappa shape index (κ3) is 5.71. The summed E-state index contributed by atoms with van der Waals surface area (Å²) in [6.45, 7) is 6.30. The molecule has 0 aromatic heterocycles. The lowest BCUT2D eigenvalue weighted by Gasteiger charge is -2.29. The maximum Gasteiger partial charge on any atom is 0.305 e. The summed E-state index contributed by atoms with van der Waals surface area (Å²) >= 11 is 25.2. The minimum absolute atomic E-state index is 0.0386. The molecule has 36 heavy (non-hydrogen) atoms. The summed E-state index contributed by atoms with van der Waals surface area (Å²) in [7, 11) is 0. The maximum absolute atomic E-state index is 12.7. The molecule has 2 aliphatic rings. The van der Waals surface area contributed by atoms with Crippen LogP contribution in [0.4, 0.5) is 0 Å². The number of ether oxygens (including phenoxy) is 3. The van der Waals surface area contributed by atoms with Crippen molar-refractivity contribution < 1.29 is 19.0 Å². The highest BCUT2D eigenvalue weighted by atomic mass is 35.5. The van der Waals surface area contributed by atoms with Crippen LogP contribution in [0.5, 0.6) is 11.5 Å². The Labute approximate surface area is 230 Å². The third-order valence-electron chi connectivity index (χ3n) is 5.72. The van der Waals surface area contributed by atoms with Crippen molar-refractivity contribution in [1.82, 2.24) is 4.90 Å². The second-order valence-electron chi connectivity index (χ2n) is 8.09. The number of hydrogen-bond acceptors (Lipinski definition) is 4. The van der Waals surface area contributed by atoms with Gasteiger partial charge in [0.05, 0.1) is 19.6 Å². The number of carbonyl (C=O) groups is 1. The first-order valence-electron chi connectivity index (χ1n) is 11.6. The van der Waals surface area contributed by atoms with E-state index in [0.717, 1.165) is 5.56 Å². The molecule has 3 aromatic rings. The van der Waals surface area contributed by atoms with Crippen LogP contribution in [0.2, 0.25) is 20.1 Å². The predicted octanol–water partition coefficient (Wildman–Crippen LogP) is 7.40. The van der Waals surface area contributed by atoms with Crippen molar-refractivity contribution in [2.24, 2.45) is 0 Å². The lowest BCUT2D eigenvalue weighted by Crippen LogP contribution is -2.41. The molecule has 0 atom stereocenters. The molecule has 190 valence electrons. The van der Waals surface area contributed by atoms with Gasteiger partial charge in [0.25, 0.3) is 0 Å². The van der Waals surface area contributed by atoms with E-state index in [2.05, 4.69) is 0 Å². The molecule has 0 bridgehead atoms. The van der Waals surface area contributed by atoms with Gasteiger partial charge >= 0.3 is 5.79 Å². The van der Waals surface area contributed by atoms with Crippen LogP contribution < -0.4 is 9.47 Å². The zero-order chi connectivity index (χ0) is 25.9. The van der Waals surface area contributed by atoms with Crippen LogP contribution in [-0.2, 0) is 21.7 Å². The zero-order valence-corrected chi connectivity index (χ0v) is 22.8. The first-order valence-corrected chi connectivity index (χ1v) is 13.1.